The van der Waals surface area contributed by atoms with Crippen LogP contribution in [0.5, 0.6) is 0 Å². The molecule has 1 atom stereocenters. The molecule has 1 aromatic heterocycles. The van der Waals surface area contributed by atoms with Gasteiger partial charge in [-0.25, -0.2) is 0 Å². The third-order valence-electron chi connectivity index (χ3n) is 2.71. The van der Waals surface area contributed by atoms with Crippen molar-refractivity contribution in [1.82, 2.24) is 10.6 Å². The highest BCUT2D eigenvalue weighted by atomic mass is 32.1. The first-order valence-corrected chi connectivity index (χ1v) is 7.38. The van der Waals surface area contributed by atoms with Crippen LogP contribution < -0.4 is 10.6 Å². The van der Waals surface area contributed by atoms with Crippen molar-refractivity contribution in [3.05, 3.63) is 21.4 Å². The lowest BCUT2D eigenvalue weighted by Gasteiger charge is -2.17. The lowest BCUT2D eigenvalue weighted by Crippen LogP contribution is -2.37. The Labute approximate surface area is 114 Å². The van der Waals surface area contributed by atoms with Crippen LogP contribution in [0.3, 0.4) is 0 Å². The molecule has 0 bridgehead atoms. The van der Waals surface area contributed by atoms with Gasteiger partial charge in [0.15, 0.2) is 5.11 Å². The van der Waals surface area contributed by atoms with Gasteiger partial charge in [-0.15, -0.1) is 11.3 Å². The maximum Gasteiger partial charge on any atom is 0.166 e. The SMILES string of the molecule is CCCCNC(=S)NC(C)c1cc(C)sc1C. The Morgan fingerprint density at radius 1 is 1.47 bits per heavy atom. The van der Waals surface area contributed by atoms with Gasteiger partial charge in [-0.1, -0.05) is 13.3 Å². The summed E-state index contributed by atoms with van der Waals surface area (Å²) >= 11 is 7.12. The molecular weight excluding hydrogens is 248 g/mol. The molecule has 0 amide bonds. The van der Waals surface area contributed by atoms with Crippen molar-refractivity contribution < 1.29 is 0 Å². The number of thiocarbonyl (C=S) groups is 1. The zero-order valence-corrected chi connectivity index (χ0v) is 12.7. The molecular formula is C13H22N2S2. The Kier molecular flexibility index (Phi) is 5.92. The zero-order chi connectivity index (χ0) is 12.8. The molecule has 17 heavy (non-hydrogen) atoms. The summed E-state index contributed by atoms with van der Waals surface area (Å²) in [6.45, 7) is 9.60. The second-order valence-corrected chi connectivity index (χ2v) is 6.21. The second-order valence-electron chi connectivity index (χ2n) is 4.34. The minimum Gasteiger partial charge on any atom is -0.363 e. The fraction of sp³-hybridized carbons (Fsp3) is 0.615. The number of rotatable bonds is 5. The van der Waals surface area contributed by atoms with Gasteiger partial charge < -0.3 is 10.6 Å². The predicted molar refractivity (Wildman–Crippen MR) is 80.9 cm³/mol. The van der Waals surface area contributed by atoms with Crippen LogP contribution in [-0.2, 0) is 0 Å². The van der Waals surface area contributed by atoms with E-state index in [1.807, 2.05) is 11.3 Å². The summed E-state index contributed by atoms with van der Waals surface area (Å²) in [7, 11) is 0. The number of hydrogen-bond acceptors (Lipinski definition) is 2. The highest BCUT2D eigenvalue weighted by Gasteiger charge is 2.11. The summed E-state index contributed by atoms with van der Waals surface area (Å²) in [5.74, 6) is 0. The molecule has 1 aromatic rings. The summed E-state index contributed by atoms with van der Waals surface area (Å²) in [6, 6.07) is 2.52. The normalized spacial score (nSPS) is 12.2. The van der Waals surface area contributed by atoms with E-state index in [0.717, 1.165) is 18.1 Å². The first-order valence-electron chi connectivity index (χ1n) is 6.16. The van der Waals surface area contributed by atoms with E-state index in [9.17, 15) is 0 Å². The topological polar surface area (TPSA) is 24.1 Å². The second kappa shape index (κ2) is 6.97. The summed E-state index contributed by atoms with van der Waals surface area (Å²) in [5, 5.41) is 7.33. The molecule has 0 aliphatic heterocycles. The Morgan fingerprint density at radius 3 is 2.71 bits per heavy atom. The maximum atomic E-state index is 5.27. The quantitative estimate of drug-likeness (QED) is 0.630. The maximum absolute atomic E-state index is 5.27. The molecule has 0 aliphatic rings. The molecule has 1 heterocycles. The fourth-order valence-corrected chi connectivity index (χ4v) is 3.09. The van der Waals surface area contributed by atoms with Crippen LogP contribution in [0.4, 0.5) is 0 Å². The van der Waals surface area contributed by atoms with E-state index in [-0.39, 0.29) is 6.04 Å². The van der Waals surface area contributed by atoms with Gasteiger partial charge in [0.1, 0.15) is 0 Å². The molecule has 4 heteroatoms. The molecule has 0 fully saturated rings. The van der Waals surface area contributed by atoms with Crippen LogP contribution >= 0.6 is 23.6 Å². The Morgan fingerprint density at radius 2 is 2.18 bits per heavy atom. The molecule has 1 unspecified atom stereocenters. The van der Waals surface area contributed by atoms with Crippen LogP contribution in [-0.4, -0.2) is 11.7 Å². The van der Waals surface area contributed by atoms with Gasteiger partial charge in [-0.2, -0.15) is 0 Å². The van der Waals surface area contributed by atoms with E-state index in [1.165, 1.54) is 21.7 Å². The molecule has 96 valence electrons. The summed E-state index contributed by atoms with van der Waals surface area (Å²) in [5.41, 5.74) is 1.35. The molecule has 2 nitrogen and oxygen atoms in total. The number of aryl methyl sites for hydroxylation is 2. The summed E-state index contributed by atoms with van der Waals surface area (Å²) in [4.78, 5) is 2.73. The van der Waals surface area contributed by atoms with Crippen molar-refractivity contribution in [2.24, 2.45) is 0 Å². The molecule has 0 saturated heterocycles. The van der Waals surface area contributed by atoms with E-state index >= 15 is 0 Å². The number of thiophene rings is 1. The van der Waals surface area contributed by atoms with E-state index in [0.29, 0.717) is 0 Å². The minimum absolute atomic E-state index is 0.279. The first-order chi connectivity index (χ1) is 8.04. The van der Waals surface area contributed by atoms with Crippen molar-refractivity contribution in [3.63, 3.8) is 0 Å². The number of unbranched alkanes of at least 4 members (excludes halogenated alkanes) is 1. The molecule has 2 N–H and O–H groups in total. The highest BCUT2D eigenvalue weighted by Crippen LogP contribution is 2.25. The number of hydrogen-bond donors (Lipinski definition) is 2. The van der Waals surface area contributed by atoms with E-state index in [4.69, 9.17) is 12.2 Å². The van der Waals surface area contributed by atoms with Crippen LogP contribution in [0.2, 0.25) is 0 Å². The monoisotopic (exact) mass is 270 g/mol. The predicted octanol–water partition coefficient (Wildman–Crippen LogP) is 3.69. The Hall–Kier alpha value is -0.610. The Balaban J connectivity index is 2.46. The van der Waals surface area contributed by atoms with Crippen molar-refractivity contribution in [2.75, 3.05) is 6.54 Å². The van der Waals surface area contributed by atoms with Crippen molar-refractivity contribution in [3.8, 4) is 0 Å². The van der Waals surface area contributed by atoms with Gasteiger partial charge in [-0.05, 0) is 51.0 Å². The van der Waals surface area contributed by atoms with E-state index in [2.05, 4.69) is 44.4 Å². The van der Waals surface area contributed by atoms with Gasteiger partial charge >= 0.3 is 0 Å². The van der Waals surface area contributed by atoms with Gasteiger partial charge in [0.05, 0.1) is 6.04 Å². The number of nitrogens with one attached hydrogen (secondary N) is 2. The van der Waals surface area contributed by atoms with Crippen molar-refractivity contribution in [1.29, 1.82) is 0 Å². The zero-order valence-electron chi connectivity index (χ0n) is 11.1. The third kappa shape index (κ3) is 4.64. The lowest BCUT2D eigenvalue weighted by atomic mass is 10.1. The van der Waals surface area contributed by atoms with E-state index in [1.54, 1.807) is 0 Å². The van der Waals surface area contributed by atoms with Crippen LogP contribution in [0.1, 0.15) is 48.0 Å². The van der Waals surface area contributed by atoms with Crippen LogP contribution in [0, 0.1) is 13.8 Å². The average Bonchev–Trinajstić information content (AvgIpc) is 2.58. The van der Waals surface area contributed by atoms with Gasteiger partial charge in [0.25, 0.3) is 0 Å². The largest absolute Gasteiger partial charge is 0.363 e. The van der Waals surface area contributed by atoms with Crippen LogP contribution in [0.25, 0.3) is 0 Å². The fourth-order valence-electron chi connectivity index (χ4n) is 1.78. The summed E-state index contributed by atoms with van der Waals surface area (Å²) in [6.07, 6.45) is 2.35. The molecule has 0 aromatic carbocycles. The molecule has 1 rings (SSSR count). The molecule has 0 aliphatic carbocycles. The molecule has 0 spiro atoms. The highest BCUT2D eigenvalue weighted by molar-refractivity contribution is 7.80. The standard InChI is InChI=1S/C13H22N2S2/c1-5-6-7-14-13(16)15-10(3)12-8-9(2)17-11(12)4/h8,10H,5-7H2,1-4H3,(H2,14,15,16). The van der Waals surface area contributed by atoms with Gasteiger partial charge in [0.2, 0.25) is 0 Å². The minimum atomic E-state index is 0.279. The third-order valence-corrected chi connectivity index (χ3v) is 3.95. The smallest absolute Gasteiger partial charge is 0.166 e. The van der Waals surface area contributed by atoms with E-state index < -0.39 is 0 Å². The van der Waals surface area contributed by atoms with Gasteiger partial charge in [0, 0.05) is 16.3 Å². The molecule has 0 radical (unpaired) electrons. The summed E-state index contributed by atoms with van der Waals surface area (Å²) < 4.78 is 0. The van der Waals surface area contributed by atoms with Crippen molar-refractivity contribution in [2.45, 2.75) is 46.6 Å². The average molecular weight is 270 g/mol. The van der Waals surface area contributed by atoms with Crippen LogP contribution in [0.15, 0.2) is 6.07 Å². The van der Waals surface area contributed by atoms with Gasteiger partial charge in [-0.3, -0.25) is 0 Å². The first kappa shape index (κ1) is 14.5. The van der Waals surface area contributed by atoms with Crippen molar-refractivity contribution >= 4 is 28.7 Å². The Bertz CT molecular complexity index is 371. The molecule has 0 saturated carbocycles. The lowest BCUT2D eigenvalue weighted by molar-refractivity contribution is 0.682.